The molecule has 7 heteroatoms. The van der Waals surface area contributed by atoms with Crippen molar-refractivity contribution in [2.75, 3.05) is 13.1 Å². The van der Waals surface area contributed by atoms with Crippen LogP contribution in [0.5, 0.6) is 0 Å². The van der Waals surface area contributed by atoms with Gasteiger partial charge >= 0.3 is 0 Å². The van der Waals surface area contributed by atoms with E-state index in [1.165, 1.54) is 5.56 Å². The molecule has 1 aliphatic heterocycles. The van der Waals surface area contributed by atoms with Crippen LogP contribution in [-0.2, 0) is 13.6 Å². The van der Waals surface area contributed by atoms with Crippen molar-refractivity contribution in [3.63, 3.8) is 0 Å². The number of hydrogen-bond acceptors (Lipinski definition) is 5. The normalized spacial score (nSPS) is 18.3. The first-order valence-corrected chi connectivity index (χ1v) is 9.83. The molecule has 26 heavy (non-hydrogen) atoms. The molecule has 4 heterocycles. The first kappa shape index (κ1) is 17.2. The van der Waals surface area contributed by atoms with Crippen molar-refractivity contribution in [3.8, 4) is 10.7 Å². The minimum atomic E-state index is -0.0707. The lowest BCUT2D eigenvalue weighted by Gasteiger charge is -2.32. The van der Waals surface area contributed by atoms with E-state index in [2.05, 4.69) is 28.1 Å². The Bertz CT molecular complexity index is 943. The molecule has 0 amide bonds. The van der Waals surface area contributed by atoms with E-state index < -0.39 is 0 Å². The highest BCUT2D eigenvalue weighted by Crippen LogP contribution is 2.28. The van der Waals surface area contributed by atoms with Gasteiger partial charge in [-0.05, 0) is 37.8 Å². The van der Waals surface area contributed by atoms with Gasteiger partial charge in [-0.15, -0.1) is 11.3 Å². The van der Waals surface area contributed by atoms with Gasteiger partial charge in [-0.2, -0.15) is 5.10 Å². The van der Waals surface area contributed by atoms with Gasteiger partial charge in [-0.1, -0.05) is 6.07 Å². The van der Waals surface area contributed by atoms with E-state index in [-0.39, 0.29) is 5.56 Å². The molecule has 6 nitrogen and oxygen atoms in total. The predicted molar refractivity (Wildman–Crippen MR) is 103 cm³/mol. The van der Waals surface area contributed by atoms with E-state index in [9.17, 15) is 4.79 Å². The summed E-state index contributed by atoms with van der Waals surface area (Å²) in [6.45, 7) is 4.96. The Hall–Kier alpha value is -2.25. The van der Waals surface area contributed by atoms with Crippen molar-refractivity contribution in [3.05, 3.63) is 57.1 Å². The fraction of sp³-hybridized carbons (Fsp3) is 0.421. The maximum atomic E-state index is 12.2. The molecule has 0 bridgehead atoms. The number of piperidine rings is 1. The Morgan fingerprint density at radius 3 is 3.04 bits per heavy atom. The molecule has 136 valence electrons. The third-order valence-electron chi connectivity index (χ3n) is 4.95. The molecule has 1 fully saturated rings. The summed E-state index contributed by atoms with van der Waals surface area (Å²) in [6.07, 6.45) is 4.29. The first-order valence-electron chi connectivity index (χ1n) is 8.95. The zero-order valence-corrected chi connectivity index (χ0v) is 15.9. The lowest BCUT2D eigenvalue weighted by molar-refractivity contribution is 0.198. The fourth-order valence-corrected chi connectivity index (χ4v) is 4.37. The lowest BCUT2D eigenvalue weighted by atomic mass is 9.94. The Morgan fingerprint density at radius 2 is 2.31 bits per heavy atom. The van der Waals surface area contributed by atoms with Gasteiger partial charge in [0.15, 0.2) is 0 Å². The third-order valence-corrected chi connectivity index (χ3v) is 5.83. The van der Waals surface area contributed by atoms with Gasteiger partial charge in [0.25, 0.3) is 5.56 Å². The van der Waals surface area contributed by atoms with Crippen molar-refractivity contribution in [1.29, 1.82) is 0 Å². The minimum absolute atomic E-state index is 0.0707. The first-order chi connectivity index (χ1) is 12.6. The Kier molecular flexibility index (Phi) is 4.74. The third kappa shape index (κ3) is 3.64. The molecule has 1 aliphatic rings. The number of aromatic amines is 1. The number of rotatable bonds is 4. The van der Waals surface area contributed by atoms with E-state index in [4.69, 9.17) is 4.98 Å². The molecule has 1 atom stereocenters. The van der Waals surface area contributed by atoms with Crippen molar-refractivity contribution >= 4 is 11.3 Å². The maximum Gasteiger partial charge on any atom is 0.251 e. The Labute approximate surface area is 156 Å². The molecule has 3 aromatic heterocycles. The zero-order valence-electron chi connectivity index (χ0n) is 15.1. The van der Waals surface area contributed by atoms with Crippen LogP contribution in [0, 0.1) is 6.92 Å². The van der Waals surface area contributed by atoms with Gasteiger partial charge in [0.2, 0.25) is 0 Å². The molecule has 0 unspecified atom stereocenters. The van der Waals surface area contributed by atoms with E-state index in [1.807, 2.05) is 29.2 Å². The van der Waals surface area contributed by atoms with Crippen LogP contribution in [0.25, 0.3) is 10.7 Å². The van der Waals surface area contributed by atoms with Gasteiger partial charge in [-0.3, -0.25) is 14.4 Å². The zero-order chi connectivity index (χ0) is 18.1. The summed E-state index contributed by atoms with van der Waals surface area (Å²) in [5.74, 6) is 0.976. The second-order valence-corrected chi connectivity index (χ2v) is 7.93. The smallest absolute Gasteiger partial charge is 0.251 e. The minimum Gasteiger partial charge on any atom is -0.306 e. The van der Waals surface area contributed by atoms with Crippen LogP contribution in [0.2, 0.25) is 0 Å². The molecular formula is C19H23N5OS. The van der Waals surface area contributed by atoms with Crippen LogP contribution in [0.4, 0.5) is 0 Å². The van der Waals surface area contributed by atoms with Gasteiger partial charge in [0.1, 0.15) is 5.82 Å². The number of nitrogens with one attached hydrogen (secondary N) is 1. The fourth-order valence-electron chi connectivity index (χ4n) is 3.70. The lowest BCUT2D eigenvalue weighted by Crippen LogP contribution is -2.34. The van der Waals surface area contributed by atoms with Gasteiger partial charge < -0.3 is 4.98 Å². The maximum absolute atomic E-state index is 12.2. The molecule has 0 spiro atoms. The van der Waals surface area contributed by atoms with E-state index in [0.29, 0.717) is 11.7 Å². The number of aryl methyl sites for hydroxylation is 2. The van der Waals surface area contributed by atoms with Crippen molar-refractivity contribution in [2.24, 2.45) is 7.05 Å². The molecule has 0 saturated carbocycles. The summed E-state index contributed by atoms with van der Waals surface area (Å²) in [5.41, 5.74) is 3.19. The van der Waals surface area contributed by atoms with Crippen LogP contribution in [0.1, 0.15) is 35.7 Å². The van der Waals surface area contributed by atoms with Crippen molar-refractivity contribution in [2.45, 2.75) is 32.2 Å². The number of aromatic nitrogens is 4. The average Bonchev–Trinajstić information content (AvgIpc) is 3.25. The van der Waals surface area contributed by atoms with Crippen LogP contribution >= 0.6 is 11.3 Å². The standard InChI is InChI=1S/C19H23N5OS/c1-13-15(10-23(2)22-13)12-24-7-3-5-14(11-24)16-9-18(25)21-19(20-16)17-6-4-8-26-17/h4,6,8-10,14H,3,5,7,11-12H2,1-2H3,(H,20,21,25)/t14-/m0/s1. The number of hydrogen-bond donors (Lipinski definition) is 1. The predicted octanol–water partition coefficient (Wildman–Crippen LogP) is 2.92. The topological polar surface area (TPSA) is 66.8 Å². The largest absolute Gasteiger partial charge is 0.306 e. The molecule has 4 rings (SSSR count). The van der Waals surface area contributed by atoms with Crippen molar-refractivity contribution < 1.29 is 0 Å². The molecule has 1 N–H and O–H groups in total. The van der Waals surface area contributed by atoms with Crippen LogP contribution in [0.15, 0.2) is 34.6 Å². The summed E-state index contributed by atoms with van der Waals surface area (Å²) >= 11 is 1.59. The molecule has 0 radical (unpaired) electrons. The number of thiophene rings is 1. The quantitative estimate of drug-likeness (QED) is 0.768. The molecule has 3 aromatic rings. The van der Waals surface area contributed by atoms with Crippen LogP contribution in [-0.4, -0.2) is 37.7 Å². The van der Waals surface area contributed by atoms with Gasteiger partial charge in [0, 0.05) is 43.9 Å². The highest BCUT2D eigenvalue weighted by molar-refractivity contribution is 7.13. The van der Waals surface area contributed by atoms with Crippen LogP contribution < -0.4 is 5.56 Å². The second kappa shape index (κ2) is 7.17. The second-order valence-electron chi connectivity index (χ2n) is 6.98. The average molecular weight is 369 g/mol. The number of H-pyrrole nitrogens is 1. The summed E-state index contributed by atoms with van der Waals surface area (Å²) in [5, 5.41) is 6.44. The van der Waals surface area contributed by atoms with Gasteiger partial charge in [-0.25, -0.2) is 4.98 Å². The molecule has 0 aliphatic carbocycles. The SMILES string of the molecule is Cc1nn(C)cc1CN1CCC[C@H](c2cc(=O)[nH]c(-c3cccs3)n2)C1. The van der Waals surface area contributed by atoms with Crippen molar-refractivity contribution in [1.82, 2.24) is 24.6 Å². The molecular weight excluding hydrogens is 346 g/mol. The Balaban J connectivity index is 1.54. The van der Waals surface area contributed by atoms with E-state index in [1.54, 1.807) is 17.4 Å². The summed E-state index contributed by atoms with van der Waals surface area (Å²) < 4.78 is 1.87. The molecule has 0 aromatic carbocycles. The molecule has 1 saturated heterocycles. The van der Waals surface area contributed by atoms with Gasteiger partial charge in [0.05, 0.1) is 16.3 Å². The number of nitrogens with zero attached hydrogens (tertiary/aromatic N) is 4. The highest BCUT2D eigenvalue weighted by atomic mass is 32.1. The van der Waals surface area contributed by atoms with E-state index in [0.717, 1.165) is 48.7 Å². The number of likely N-dealkylation sites (tertiary alicyclic amines) is 1. The van der Waals surface area contributed by atoms with E-state index >= 15 is 0 Å². The van der Waals surface area contributed by atoms with Crippen LogP contribution in [0.3, 0.4) is 0 Å². The summed E-state index contributed by atoms with van der Waals surface area (Å²) in [6, 6.07) is 5.64. The summed E-state index contributed by atoms with van der Waals surface area (Å²) in [4.78, 5) is 23.3. The summed E-state index contributed by atoms with van der Waals surface area (Å²) in [7, 11) is 1.96. The Morgan fingerprint density at radius 1 is 1.42 bits per heavy atom. The monoisotopic (exact) mass is 369 g/mol. The highest BCUT2D eigenvalue weighted by Gasteiger charge is 2.24.